The maximum atomic E-state index is 14.7. The number of fused-ring (bicyclic) bond motifs is 12. The fourth-order valence-electron chi connectivity index (χ4n) is 11.9. The zero-order chi connectivity index (χ0) is 71.7. The van der Waals surface area contributed by atoms with E-state index in [9.17, 15) is 55.6 Å². The molecule has 9 aromatic rings. The summed E-state index contributed by atoms with van der Waals surface area (Å²) in [7, 11) is 3.86. The van der Waals surface area contributed by atoms with Crippen molar-refractivity contribution in [1.29, 1.82) is 0 Å². The summed E-state index contributed by atoms with van der Waals surface area (Å²) in [5.74, 6) is 1.41. The quantitative estimate of drug-likeness (QED) is 0.0485. The van der Waals surface area contributed by atoms with E-state index in [0.717, 1.165) is 12.9 Å². The number of benzene rings is 6. The average molecular weight is 1420 g/mol. The molecule has 30 nitrogen and oxygen atoms in total. The van der Waals surface area contributed by atoms with E-state index in [0.29, 0.717) is 17.5 Å². The normalized spacial score (nSPS) is 12.9. The zero-order valence-electron chi connectivity index (χ0n) is 56.2. The van der Waals surface area contributed by atoms with Crippen LogP contribution in [0.1, 0.15) is 84.2 Å². The summed E-state index contributed by atoms with van der Waals surface area (Å²) in [5.41, 5.74) is 0.000696. The van der Waals surface area contributed by atoms with Gasteiger partial charge in [0.2, 0.25) is 30.1 Å². The molecule has 1 aliphatic rings. The van der Waals surface area contributed by atoms with Crippen LogP contribution in [-0.2, 0) is 110 Å². The van der Waals surface area contributed by atoms with E-state index in [-0.39, 0.29) is 174 Å². The molecule has 0 unspecified atom stereocenters. The molecule has 0 spiro atoms. The standard InChI is InChI=1S/C66H72N12O18S3/c1-70(2)97(85,86)55-31-46-19-40-25-52(76(79)80)27-42(61(40)91-10)21-48-33-56(98(87,88)71(3)4)35-50(65(48)95-38-59-68-14-17-74(59)8)23-44-29-54(78(83)84)30-45(63(44)93-12)24-51-36-57(99(89,90)72(5)6)34-49(66(51)96-39-60-69-15-18-75(60)9)22-43-28-53(77(81)82)26-41(62(43)92-11)20-47(32-55)64(46)94-37-58-67-13-16-73(58)7/h13-18,25-36H,19-24,37-39H2,1-12H3. The molecule has 522 valence electrons. The maximum absolute atomic E-state index is 14.7. The number of sulfonamides is 3. The highest BCUT2D eigenvalue weighted by Crippen LogP contribution is 2.45. The van der Waals surface area contributed by atoms with Crippen LogP contribution < -0.4 is 28.4 Å². The summed E-state index contributed by atoms with van der Waals surface area (Å²) in [6.45, 7) is -0.732. The van der Waals surface area contributed by atoms with Crippen LogP contribution in [0.15, 0.2) is 125 Å². The first-order valence-corrected chi connectivity index (χ1v) is 34.7. The fourth-order valence-corrected chi connectivity index (χ4v) is 14.9. The van der Waals surface area contributed by atoms with Crippen LogP contribution in [0.3, 0.4) is 0 Å². The van der Waals surface area contributed by atoms with Crippen LogP contribution >= 0.6 is 0 Å². The molecule has 0 saturated carbocycles. The Morgan fingerprint density at radius 1 is 0.364 bits per heavy atom. The number of rotatable bonds is 21. The first-order chi connectivity index (χ1) is 46.8. The summed E-state index contributed by atoms with van der Waals surface area (Å²) in [6, 6.07) is 15.6. The van der Waals surface area contributed by atoms with Gasteiger partial charge in [0.05, 0.1) is 50.8 Å². The van der Waals surface area contributed by atoms with Crippen molar-refractivity contribution in [3.8, 4) is 34.5 Å². The summed E-state index contributed by atoms with van der Waals surface area (Å²) in [6.07, 6.45) is 7.42. The molecular weight excluding hydrogens is 1340 g/mol. The highest BCUT2D eigenvalue weighted by Gasteiger charge is 2.33. The van der Waals surface area contributed by atoms with E-state index in [1.807, 2.05) is 0 Å². The molecule has 99 heavy (non-hydrogen) atoms. The Balaban J connectivity index is 1.37. The van der Waals surface area contributed by atoms with Gasteiger partial charge in [0, 0.05) is 242 Å². The predicted octanol–water partition coefficient (Wildman–Crippen LogP) is 7.98. The van der Waals surface area contributed by atoms with Gasteiger partial charge in [-0.05, 0) is 36.4 Å². The molecule has 6 aromatic carbocycles. The van der Waals surface area contributed by atoms with Crippen molar-refractivity contribution in [2.75, 3.05) is 63.6 Å². The third-order valence-corrected chi connectivity index (χ3v) is 22.4. The number of nitro benzene ring substituents is 3. The summed E-state index contributed by atoms with van der Waals surface area (Å²) in [5, 5.41) is 40.0. The number of hydrogen-bond acceptors (Lipinski definition) is 21. The van der Waals surface area contributed by atoms with Crippen LogP contribution in [0.5, 0.6) is 34.5 Å². The highest BCUT2D eigenvalue weighted by atomic mass is 32.2. The molecule has 0 saturated heterocycles. The van der Waals surface area contributed by atoms with Crippen molar-refractivity contribution in [2.45, 2.75) is 73.0 Å². The monoisotopic (exact) mass is 1420 g/mol. The number of nitro groups is 3. The number of hydrogen-bond donors (Lipinski definition) is 0. The van der Waals surface area contributed by atoms with Crippen molar-refractivity contribution < 1.29 is 68.4 Å². The van der Waals surface area contributed by atoms with Gasteiger partial charge in [-0.15, -0.1) is 0 Å². The van der Waals surface area contributed by atoms with E-state index < -0.39 is 61.9 Å². The summed E-state index contributed by atoms with van der Waals surface area (Å²) >= 11 is 0. The van der Waals surface area contributed by atoms with Gasteiger partial charge >= 0.3 is 0 Å². The Bertz CT molecular complexity index is 4390. The average Bonchev–Trinajstić information content (AvgIpc) is 0.897. The third kappa shape index (κ3) is 14.8. The van der Waals surface area contributed by atoms with Crippen molar-refractivity contribution in [1.82, 2.24) is 41.6 Å². The van der Waals surface area contributed by atoms with Gasteiger partial charge in [-0.2, -0.15) is 0 Å². The number of imidazole rings is 3. The van der Waals surface area contributed by atoms with Crippen LogP contribution in [0, 0.1) is 30.3 Å². The van der Waals surface area contributed by atoms with Gasteiger partial charge in [-0.3, -0.25) is 30.3 Å². The molecule has 10 rings (SSSR count). The van der Waals surface area contributed by atoms with Crippen LogP contribution in [0.25, 0.3) is 0 Å². The number of aromatic nitrogens is 6. The summed E-state index contributed by atoms with van der Waals surface area (Å²) in [4.78, 5) is 50.6. The van der Waals surface area contributed by atoms with Crippen LogP contribution in [0.2, 0.25) is 0 Å². The lowest BCUT2D eigenvalue weighted by Gasteiger charge is -2.24. The number of non-ortho nitro benzene ring substituents is 3. The van der Waals surface area contributed by atoms with Crippen molar-refractivity contribution in [3.63, 3.8) is 0 Å². The molecule has 0 fully saturated rings. The number of ether oxygens (including phenoxy) is 6. The smallest absolute Gasteiger partial charge is 0.270 e. The van der Waals surface area contributed by atoms with Gasteiger partial charge in [0.1, 0.15) is 71.8 Å². The lowest BCUT2D eigenvalue weighted by atomic mass is 9.90. The van der Waals surface area contributed by atoms with E-state index in [2.05, 4.69) is 15.0 Å². The molecule has 33 heteroatoms. The van der Waals surface area contributed by atoms with Gasteiger partial charge < -0.3 is 42.1 Å². The van der Waals surface area contributed by atoms with Gasteiger partial charge in [-0.1, -0.05) is 0 Å². The minimum atomic E-state index is -4.41. The lowest BCUT2D eigenvalue weighted by molar-refractivity contribution is -0.385. The molecular formula is C66H72N12O18S3. The fraction of sp³-hybridized carbons (Fsp3) is 0.318. The molecule has 0 atom stereocenters. The Morgan fingerprint density at radius 3 is 0.707 bits per heavy atom. The summed E-state index contributed by atoms with van der Waals surface area (Å²) < 4.78 is 135. The molecule has 0 radical (unpaired) electrons. The molecule has 1 aliphatic carbocycles. The predicted molar refractivity (Wildman–Crippen MR) is 360 cm³/mol. The lowest BCUT2D eigenvalue weighted by Crippen LogP contribution is -2.23. The zero-order valence-corrected chi connectivity index (χ0v) is 58.6. The molecule has 0 aliphatic heterocycles. The van der Waals surface area contributed by atoms with E-state index in [1.165, 1.54) is 155 Å². The van der Waals surface area contributed by atoms with E-state index in [1.54, 1.807) is 53.4 Å². The second-order valence-electron chi connectivity index (χ2n) is 24.0. The third-order valence-electron chi connectivity index (χ3n) is 17.0. The molecule has 3 aromatic heterocycles. The number of aryl methyl sites for hydroxylation is 3. The molecule has 12 bridgehead atoms. The second kappa shape index (κ2) is 28.6. The maximum Gasteiger partial charge on any atom is 0.270 e. The Labute approximate surface area is 571 Å². The van der Waals surface area contributed by atoms with Gasteiger partial charge in [0.25, 0.3) is 17.1 Å². The Morgan fingerprint density at radius 2 is 0.556 bits per heavy atom. The van der Waals surface area contributed by atoms with Crippen LogP contribution in [-0.4, -0.2) is 145 Å². The topological polar surface area (TPSA) is 350 Å². The Hall–Kier alpha value is -10.3. The van der Waals surface area contributed by atoms with Crippen LogP contribution in [0.4, 0.5) is 17.1 Å². The highest BCUT2D eigenvalue weighted by molar-refractivity contribution is 7.89. The van der Waals surface area contributed by atoms with Crippen molar-refractivity contribution >= 4 is 47.1 Å². The largest absolute Gasteiger partial charge is 0.496 e. The minimum Gasteiger partial charge on any atom is -0.496 e. The molecule has 0 N–H and O–H groups in total. The van der Waals surface area contributed by atoms with Crippen molar-refractivity contribution in [3.05, 3.63) is 225 Å². The Kier molecular flexibility index (Phi) is 20.7. The first kappa shape index (κ1) is 71.5. The van der Waals surface area contributed by atoms with E-state index >= 15 is 0 Å². The van der Waals surface area contributed by atoms with Gasteiger partial charge in [-0.25, -0.2) is 53.1 Å². The number of methoxy groups -OCH3 is 3. The van der Waals surface area contributed by atoms with Crippen molar-refractivity contribution in [2.24, 2.45) is 21.1 Å². The van der Waals surface area contributed by atoms with E-state index in [4.69, 9.17) is 28.4 Å². The number of nitrogens with zero attached hydrogens (tertiary/aromatic N) is 12. The first-order valence-electron chi connectivity index (χ1n) is 30.4. The molecule has 0 amide bonds. The minimum absolute atomic E-state index is 0.0293. The SMILES string of the molecule is COc1c2cc([N+](=O)[O-])cc1Cc1cc(S(=O)(=O)N(C)C)cc(c1OCc1nccn1C)Cc1cc([N+](=O)[O-])cc(c1OC)Cc1cc(S(=O)(=O)N(C)C)cc(c1OCc1nccn1C)Cc1cc([N+](=O)[O-])cc(c1OC)Cc1cc(S(=O)(=O)N(C)C)cc(c1OCc1nccn1C)C2. The second-order valence-corrected chi connectivity index (χ2v) is 30.5. The van der Waals surface area contributed by atoms with Gasteiger partial charge in [0.15, 0.2) is 0 Å². The molecule has 3 heterocycles.